The molecule has 2 nitrogen and oxygen atoms in total. The Morgan fingerprint density at radius 2 is 1.70 bits per heavy atom. The van der Waals surface area contributed by atoms with Crippen LogP contribution in [0.2, 0.25) is 0 Å². The molecule has 2 rings (SSSR count). The Hall–Kier alpha value is -2.30. The first-order chi connectivity index (χ1) is 10.8. The lowest BCUT2D eigenvalue weighted by Gasteiger charge is -2.20. The predicted octanol–water partition coefficient (Wildman–Crippen LogP) is 4.98. The molecule has 0 spiro atoms. The van der Waals surface area contributed by atoms with Crippen LogP contribution < -0.4 is 5.73 Å². The minimum absolute atomic E-state index is 0.00954. The van der Waals surface area contributed by atoms with Gasteiger partial charge in [-0.3, -0.25) is 4.79 Å². The molecule has 0 fully saturated rings. The second-order valence-electron chi connectivity index (χ2n) is 5.49. The number of primary amides is 1. The lowest BCUT2D eigenvalue weighted by Crippen LogP contribution is -2.20. The van der Waals surface area contributed by atoms with Gasteiger partial charge in [-0.2, -0.15) is 13.2 Å². The molecule has 0 heterocycles. The van der Waals surface area contributed by atoms with E-state index in [1.807, 2.05) is 19.9 Å². The van der Waals surface area contributed by atoms with Crippen molar-refractivity contribution in [1.29, 1.82) is 0 Å². The molecule has 0 aliphatic rings. The second-order valence-corrected chi connectivity index (χ2v) is 5.49. The number of carbonyl (C=O) groups excluding carboxylic acids is 1. The van der Waals surface area contributed by atoms with Gasteiger partial charge in [0.1, 0.15) is 0 Å². The molecule has 1 atom stereocenters. The first-order valence-corrected chi connectivity index (χ1v) is 7.36. The van der Waals surface area contributed by atoms with E-state index in [-0.39, 0.29) is 11.5 Å². The minimum atomic E-state index is -4.66. The van der Waals surface area contributed by atoms with E-state index in [1.165, 1.54) is 12.1 Å². The molecule has 122 valence electrons. The lowest BCUT2D eigenvalue weighted by atomic mass is 9.86. The molecule has 0 saturated carbocycles. The fourth-order valence-corrected chi connectivity index (χ4v) is 2.68. The van der Waals surface area contributed by atoms with E-state index in [0.29, 0.717) is 5.56 Å². The fourth-order valence-electron chi connectivity index (χ4n) is 2.68. The predicted molar refractivity (Wildman–Crippen MR) is 84.1 cm³/mol. The van der Waals surface area contributed by atoms with Crippen molar-refractivity contribution in [3.05, 3.63) is 59.2 Å². The topological polar surface area (TPSA) is 43.1 Å². The van der Waals surface area contributed by atoms with Gasteiger partial charge < -0.3 is 5.73 Å². The minimum Gasteiger partial charge on any atom is -0.366 e. The average Bonchev–Trinajstić information content (AvgIpc) is 2.52. The van der Waals surface area contributed by atoms with Crippen molar-refractivity contribution < 1.29 is 18.0 Å². The van der Waals surface area contributed by atoms with Crippen molar-refractivity contribution >= 4 is 5.91 Å². The Morgan fingerprint density at radius 3 is 2.26 bits per heavy atom. The molecule has 0 saturated heterocycles. The molecule has 0 aromatic heterocycles. The molecular weight excluding hydrogens is 303 g/mol. The molecular formula is C18H18F3NO. The summed E-state index contributed by atoms with van der Waals surface area (Å²) in [5, 5.41) is 0. The van der Waals surface area contributed by atoms with Crippen molar-refractivity contribution in [3.8, 4) is 11.1 Å². The second kappa shape index (κ2) is 6.44. The summed E-state index contributed by atoms with van der Waals surface area (Å²) >= 11 is 0. The van der Waals surface area contributed by atoms with Gasteiger partial charge in [0.05, 0.1) is 11.1 Å². The third-order valence-electron chi connectivity index (χ3n) is 4.01. The molecule has 1 amide bonds. The van der Waals surface area contributed by atoms with Crippen LogP contribution in [0.5, 0.6) is 0 Å². The van der Waals surface area contributed by atoms with Crippen LogP contribution in [0.3, 0.4) is 0 Å². The van der Waals surface area contributed by atoms with Crippen LogP contribution in [0, 0.1) is 0 Å². The van der Waals surface area contributed by atoms with Crippen LogP contribution in [0.1, 0.15) is 47.7 Å². The van der Waals surface area contributed by atoms with E-state index in [2.05, 4.69) is 0 Å². The molecule has 2 aromatic carbocycles. The third kappa shape index (κ3) is 3.38. The van der Waals surface area contributed by atoms with Gasteiger partial charge in [0.2, 0.25) is 5.91 Å². The SMILES string of the molecule is CCC(C)c1ccccc1-c1cccc(C(N)=O)c1C(F)(F)F. The molecule has 1 unspecified atom stereocenters. The van der Waals surface area contributed by atoms with Gasteiger partial charge in [-0.05, 0) is 35.1 Å². The van der Waals surface area contributed by atoms with Crippen LogP contribution in [-0.4, -0.2) is 5.91 Å². The lowest BCUT2D eigenvalue weighted by molar-refractivity contribution is -0.137. The maximum Gasteiger partial charge on any atom is 0.417 e. The zero-order valence-electron chi connectivity index (χ0n) is 12.9. The molecule has 2 aromatic rings. The Bertz CT molecular complexity index is 722. The van der Waals surface area contributed by atoms with Gasteiger partial charge in [-0.15, -0.1) is 0 Å². The van der Waals surface area contributed by atoms with Crippen molar-refractivity contribution in [3.63, 3.8) is 0 Å². The molecule has 5 heteroatoms. The molecule has 0 radical (unpaired) electrons. The van der Waals surface area contributed by atoms with Crippen LogP contribution >= 0.6 is 0 Å². The quantitative estimate of drug-likeness (QED) is 0.847. The summed E-state index contributed by atoms with van der Waals surface area (Å²) in [7, 11) is 0. The summed E-state index contributed by atoms with van der Waals surface area (Å²) in [6.07, 6.45) is -3.86. The van der Waals surface area contributed by atoms with Gasteiger partial charge in [-0.25, -0.2) is 0 Å². The zero-order chi connectivity index (χ0) is 17.2. The van der Waals surface area contributed by atoms with Crippen LogP contribution in [-0.2, 0) is 6.18 Å². The highest BCUT2D eigenvalue weighted by molar-refractivity contribution is 5.97. The number of alkyl halides is 3. The van der Waals surface area contributed by atoms with Crippen LogP contribution in [0.15, 0.2) is 42.5 Å². The van der Waals surface area contributed by atoms with E-state index in [0.717, 1.165) is 18.1 Å². The van der Waals surface area contributed by atoms with Gasteiger partial charge in [0, 0.05) is 0 Å². The highest BCUT2D eigenvalue weighted by Crippen LogP contribution is 2.41. The Balaban J connectivity index is 2.80. The van der Waals surface area contributed by atoms with Crippen LogP contribution in [0.4, 0.5) is 13.2 Å². The summed E-state index contributed by atoms with van der Waals surface area (Å²) in [6.45, 7) is 3.94. The Kier molecular flexibility index (Phi) is 4.78. The number of hydrogen-bond acceptors (Lipinski definition) is 1. The van der Waals surface area contributed by atoms with E-state index in [4.69, 9.17) is 5.73 Å². The smallest absolute Gasteiger partial charge is 0.366 e. The van der Waals surface area contributed by atoms with Gasteiger partial charge in [0.25, 0.3) is 0 Å². The van der Waals surface area contributed by atoms with Crippen LogP contribution in [0.25, 0.3) is 11.1 Å². The number of benzene rings is 2. The number of nitrogens with two attached hydrogens (primary N) is 1. The monoisotopic (exact) mass is 321 g/mol. The summed E-state index contributed by atoms with van der Waals surface area (Å²) in [5.74, 6) is -0.982. The zero-order valence-corrected chi connectivity index (χ0v) is 12.9. The number of halogens is 3. The van der Waals surface area contributed by atoms with E-state index in [9.17, 15) is 18.0 Å². The molecule has 0 aliphatic heterocycles. The number of hydrogen-bond donors (Lipinski definition) is 1. The highest BCUT2D eigenvalue weighted by Gasteiger charge is 2.38. The number of carbonyl (C=O) groups is 1. The summed E-state index contributed by atoms with van der Waals surface area (Å²) < 4.78 is 40.7. The molecule has 23 heavy (non-hydrogen) atoms. The summed E-state index contributed by atoms with van der Waals surface area (Å²) in [4.78, 5) is 11.4. The van der Waals surface area contributed by atoms with Gasteiger partial charge >= 0.3 is 6.18 Å². The molecule has 0 bridgehead atoms. The summed E-state index contributed by atoms with van der Waals surface area (Å²) in [6, 6.07) is 10.9. The maximum atomic E-state index is 13.6. The van der Waals surface area contributed by atoms with Crippen molar-refractivity contribution in [2.45, 2.75) is 32.4 Å². The Labute approximate surface area is 133 Å². The number of amides is 1. The molecule has 0 aliphatic carbocycles. The third-order valence-corrected chi connectivity index (χ3v) is 4.01. The van der Waals surface area contributed by atoms with E-state index >= 15 is 0 Å². The first-order valence-electron chi connectivity index (χ1n) is 7.36. The van der Waals surface area contributed by atoms with E-state index < -0.39 is 23.2 Å². The largest absolute Gasteiger partial charge is 0.417 e. The average molecular weight is 321 g/mol. The van der Waals surface area contributed by atoms with Gasteiger partial charge in [0.15, 0.2) is 0 Å². The highest BCUT2D eigenvalue weighted by atomic mass is 19.4. The van der Waals surface area contributed by atoms with Crippen molar-refractivity contribution in [2.75, 3.05) is 0 Å². The van der Waals surface area contributed by atoms with Crippen molar-refractivity contribution in [2.24, 2.45) is 5.73 Å². The van der Waals surface area contributed by atoms with Crippen molar-refractivity contribution in [1.82, 2.24) is 0 Å². The fraction of sp³-hybridized carbons (Fsp3) is 0.278. The summed E-state index contributed by atoms with van der Waals surface area (Å²) in [5.41, 5.74) is 4.96. The van der Waals surface area contributed by atoms with E-state index in [1.54, 1.807) is 18.2 Å². The standard InChI is InChI=1S/C18H18F3NO/c1-3-11(2)12-7-4-5-8-13(12)14-9-6-10-15(17(22)23)16(14)18(19,20)21/h4-11H,3H2,1-2H3,(H2,22,23). The molecule has 2 N–H and O–H groups in total. The number of rotatable bonds is 4. The normalized spacial score (nSPS) is 12.9. The Morgan fingerprint density at radius 1 is 1.09 bits per heavy atom. The first kappa shape index (κ1) is 17.1. The maximum absolute atomic E-state index is 13.6. The van der Waals surface area contributed by atoms with Gasteiger partial charge in [-0.1, -0.05) is 50.2 Å².